The van der Waals surface area contributed by atoms with Crippen LogP contribution in [-0.4, -0.2) is 39.6 Å². The Hall–Kier alpha value is -2.37. The quantitative estimate of drug-likeness (QED) is 0.933. The van der Waals surface area contributed by atoms with Crippen molar-refractivity contribution in [3.05, 3.63) is 42.1 Å². The molecule has 0 radical (unpaired) electrons. The van der Waals surface area contributed by atoms with Gasteiger partial charge in [-0.25, -0.2) is 9.97 Å². The number of hydrogen-bond donors (Lipinski definition) is 1. The van der Waals surface area contributed by atoms with E-state index < -0.39 is 0 Å². The lowest BCUT2D eigenvalue weighted by atomic mass is 10.1. The van der Waals surface area contributed by atoms with Gasteiger partial charge in [0.2, 0.25) is 0 Å². The number of amides is 1. The predicted molar refractivity (Wildman–Crippen MR) is 96.7 cm³/mol. The molecular weight excluding hydrogens is 314 g/mol. The van der Waals surface area contributed by atoms with Gasteiger partial charge in [0.25, 0.3) is 5.91 Å². The van der Waals surface area contributed by atoms with Crippen molar-refractivity contribution in [1.29, 1.82) is 0 Å². The van der Waals surface area contributed by atoms with Gasteiger partial charge in [0.05, 0.1) is 5.56 Å². The van der Waals surface area contributed by atoms with Gasteiger partial charge in [-0.1, -0.05) is 12.8 Å². The molecule has 2 aliphatic rings. The number of pyridine rings is 1. The SMILES string of the molecule is O=C(N[C@@H]1CCc2nccn2C1)c1ccc(N2CCCCCC2)nc1. The highest BCUT2D eigenvalue weighted by molar-refractivity contribution is 5.94. The van der Waals surface area contributed by atoms with Crippen molar-refractivity contribution >= 4 is 11.7 Å². The van der Waals surface area contributed by atoms with Crippen LogP contribution >= 0.6 is 0 Å². The zero-order valence-corrected chi connectivity index (χ0v) is 14.5. The van der Waals surface area contributed by atoms with Crippen molar-refractivity contribution in [3.8, 4) is 0 Å². The molecule has 1 fully saturated rings. The Balaban J connectivity index is 1.37. The lowest BCUT2D eigenvalue weighted by molar-refractivity contribution is 0.0927. The number of nitrogens with one attached hydrogen (secondary N) is 1. The average Bonchev–Trinajstić information content (AvgIpc) is 2.94. The summed E-state index contributed by atoms with van der Waals surface area (Å²) in [7, 11) is 0. The van der Waals surface area contributed by atoms with Crippen LogP contribution in [0.15, 0.2) is 30.7 Å². The van der Waals surface area contributed by atoms with Gasteiger partial charge in [0.1, 0.15) is 11.6 Å². The minimum atomic E-state index is -0.0384. The van der Waals surface area contributed by atoms with Gasteiger partial charge < -0.3 is 14.8 Å². The van der Waals surface area contributed by atoms with Crippen molar-refractivity contribution in [2.45, 2.75) is 51.1 Å². The second kappa shape index (κ2) is 7.25. The highest BCUT2D eigenvalue weighted by Crippen LogP contribution is 2.18. The second-order valence-corrected chi connectivity index (χ2v) is 7.01. The molecule has 0 aromatic carbocycles. The zero-order valence-electron chi connectivity index (χ0n) is 14.5. The minimum absolute atomic E-state index is 0.0384. The van der Waals surface area contributed by atoms with Gasteiger partial charge in [-0.3, -0.25) is 4.79 Å². The Kier molecular flexibility index (Phi) is 4.68. The average molecular weight is 339 g/mol. The lowest BCUT2D eigenvalue weighted by Crippen LogP contribution is -2.41. The first kappa shape index (κ1) is 16.1. The minimum Gasteiger partial charge on any atom is -0.357 e. The van der Waals surface area contributed by atoms with Gasteiger partial charge in [-0.15, -0.1) is 0 Å². The van der Waals surface area contributed by atoms with E-state index in [2.05, 4.69) is 24.8 Å². The Morgan fingerprint density at radius 3 is 2.72 bits per heavy atom. The van der Waals surface area contributed by atoms with Gasteiger partial charge in [0, 0.05) is 50.7 Å². The number of carbonyl (C=O) groups excluding carboxylic acids is 1. The normalized spacial score (nSPS) is 20.6. The highest BCUT2D eigenvalue weighted by Gasteiger charge is 2.21. The number of aryl methyl sites for hydroxylation is 1. The molecule has 1 saturated heterocycles. The fourth-order valence-electron chi connectivity index (χ4n) is 3.76. The molecule has 0 spiro atoms. The van der Waals surface area contributed by atoms with E-state index in [4.69, 9.17) is 0 Å². The van der Waals surface area contributed by atoms with Crippen LogP contribution in [0.2, 0.25) is 0 Å². The number of anilines is 1. The summed E-state index contributed by atoms with van der Waals surface area (Å²) >= 11 is 0. The molecule has 1 N–H and O–H groups in total. The van der Waals surface area contributed by atoms with E-state index >= 15 is 0 Å². The molecule has 25 heavy (non-hydrogen) atoms. The van der Waals surface area contributed by atoms with Crippen LogP contribution in [0.4, 0.5) is 5.82 Å². The maximum atomic E-state index is 12.5. The number of imidazole rings is 1. The van der Waals surface area contributed by atoms with E-state index in [1.54, 1.807) is 6.20 Å². The highest BCUT2D eigenvalue weighted by atomic mass is 16.1. The number of nitrogens with zero attached hydrogens (tertiary/aromatic N) is 4. The first-order valence-electron chi connectivity index (χ1n) is 9.31. The molecule has 0 bridgehead atoms. The van der Waals surface area contributed by atoms with Gasteiger partial charge in [-0.2, -0.15) is 0 Å². The third-order valence-corrected chi connectivity index (χ3v) is 5.21. The van der Waals surface area contributed by atoms with E-state index in [1.165, 1.54) is 25.7 Å². The fourth-order valence-corrected chi connectivity index (χ4v) is 3.76. The molecule has 2 aliphatic heterocycles. The molecule has 0 aliphatic carbocycles. The van der Waals surface area contributed by atoms with Crippen LogP contribution in [0.3, 0.4) is 0 Å². The van der Waals surface area contributed by atoms with Crippen molar-refractivity contribution < 1.29 is 4.79 Å². The molecule has 2 aromatic heterocycles. The third kappa shape index (κ3) is 3.67. The first-order chi connectivity index (χ1) is 12.3. The monoisotopic (exact) mass is 339 g/mol. The summed E-state index contributed by atoms with van der Waals surface area (Å²) in [6, 6.07) is 4.03. The summed E-state index contributed by atoms with van der Waals surface area (Å²) in [6.45, 7) is 2.92. The van der Waals surface area contributed by atoms with Crippen LogP contribution in [0.5, 0.6) is 0 Å². The Morgan fingerprint density at radius 2 is 1.96 bits per heavy atom. The topological polar surface area (TPSA) is 63.1 Å². The number of hydrogen-bond acceptors (Lipinski definition) is 4. The number of rotatable bonds is 3. The summed E-state index contributed by atoms with van der Waals surface area (Å²) in [6.07, 6.45) is 12.4. The van der Waals surface area contributed by atoms with Crippen LogP contribution in [0.25, 0.3) is 0 Å². The maximum Gasteiger partial charge on any atom is 0.253 e. The van der Waals surface area contributed by atoms with Crippen LogP contribution in [0, 0.1) is 0 Å². The van der Waals surface area contributed by atoms with Crippen LogP contribution < -0.4 is 10.2 Å². The van der Waals surface area contributed by atoms with Crippen molar-refractivity contribution in [2.75, 3.05) is 18.0 Å². The maximum absolute atomic E-state index is 12.5. The summed E-state index contributed by atoms with van der Waals surface area (Å²) in [4.78, 5) is 23.7. The number of carbonyl (C=O) groups is 1. The Bertz CT molecular complexity index is 716. The molecule has 4 rings (SSSR count). The first-order valence-corrected chi connectivity index (χ1v) is 9.31. The third-order valence-electron chi connectivity index (χ3n) is 5.21. The molecule has 4 heterocycles. The summed E-state index contributed by atoms with van der Waals surface area (Å²) < 4.78 is 2.12. The van der Waals surface area contributed by atoms with E-state index in [1.807, 2.05) is 24.5 Å². The van der Waals surface area contributed by atoms with E-state index in [0.29, 0.717) is 5.56 Å². The van der Waals surface area contributed by atoms with Crippen molar-refractivity contribution in [2.24, 2.45) is 0 Å². The summed E-state index contributed by atoms with van der Waals surface area (Å²) in [5.74, 6) is 2.05. The number of fused-ring (bicyclic) bond motifs is 1. The molecule has 1 amide bonds. The van der Waals surface area contributed by atoms with E-state index in [-0.39, 0.29) is 11.9 Å². The standard InChI is InChI=1S/C19H25N5O/c25-19(22-16-6-8-17-20-9-12-24(17)14-16)15-5-7-18(21-13-15)23-10-3-1-2-4-11-23/h5,7,9,12-13,16H,1-4,6,8,10-11,14H2,(H,22,25)/t16-/m1/s1. The second-order valence-electron chi connectivity index (χ2n) is 7.01. The van der Waals surface area contributed by atoms with Gasteiger partial charge in [0.15, 0.2) is 0 Å². The van der Waals surface area contributed by atoms with Crippen molar-refractivity contribution in [1.82, 2.24) is 19.9 Å². The lowest BCUT2D eigenvalue weighted by Gasteiger charge is -2.25. The van der Waals surface area contributed by atoms with E-state index in [9.17, 15) is 4.79 Å². The predicted octanol–water partition coefficient (Wildman–Crippen LogP) is 2.40. The fraction of sp³-hybridized carbons (Fsp3) is 0.526. The van der Waals surface area contributed by atoms with Gasteiger partial charge >= 0.3 is 0 Å². The van der Waals surface area contributed by atoms with Crippen LogP contribution in [-0.2, 0) is 13.0 Å². The summed E-state index contributed by atoms with van der Waals surface area (Å²) in [5.41, 5.74) is 0.634. The number of aromatic nitrogens is 3. The molecule has 0 saturated carbocycles. The smallest absolute Gasteiger partial charge is 0.253 e. The van der Waals surface area contributed by atoms with Gasteiger partial charge in [-0.05, 0) is 31.4 Å². The van der Waals surface area contributed by atoms with Crippen LogP contribution in [0.1, 0.15) is 48.3 Å². The molecule has 1 atom stereocenters. The Morgan fingerprint density at radius 1 is 1.12 bits per heavy atom. The molecule has 2 aromatic rings. The largest absolute Gasteiger partial charge is 0.357 e. The molecule has 6 heteroatoms. The summed E-state index contributed by atoms with van der Waals surface area (Å²) in [5, 5.41) is 3.13. The Labute approximate surface area is 148 Å². The van der Waals surface area contributed by atoms with Crippen molar-refractivity contribution in [3.63, 3.8) is 0 Å². The zero-order chi connectivity index (χ0) is 17.1. The molecule has 0 unspecified atom stereocenters. The molecule has 6 nitrogen and oxygen atoms in total. The molecule has 132 valence electrons. The van der Waals surface area contributed by atoms with E-state index in [0.717, 1.165) is 44.1 Å². The molecular formula is C19H25N5O.